The maximum Gasteiger partial charge on any atom is 0.325 e. The van der Waals surface area contributed by atoms with E-state index in [4.69, 9.17) is 4.74 Å². The average Bonchev–Trinajstić information content (AvgIpc) is 2.76. The van der Waals surface area contributed by atoms with Gasteiger partial charge in [-0.2, -0.15) is 0 Å². The zero-order valence-electron chi connectivity index (χ0n) is 10.5. The zero-order valence-corrected chi connectivity index (χ0v) is 10.5. The molecule has 3 unspecified atom stereocenters. The van der Waals surface area contributed by atoms with Gasteiger partial charge in [-0.3, -0.25) is 10.1 Å². The summed E-state index contributed by atoms with van der Waals surface area (Å²) in [6, 6.07) is 8.56. The first-order valence-corrected chi connectivity index (χ1v) is 6.33. The van der Waals surface area contributed by atoms with E-state index in [1.807, 2.05) is 37.3 Å². The number of carboxylic acid groups (broad SMARTS) is 1. The van der Waals surface area contributed by atoms with Crippen LogP contribution in [-0.4, -0.2) is 29.8 Å². The molecule has 4 heteroatoms. The van der Waals surface area contributed by atoms with Crippen LogP contribution in [0.25, 0.3) is 0 Å². The lowest BCUT2D eigenvalue weighted by atomic mass is 10.1. The number of carbonyl (C=O) groups is 1. The van der Waals surface area contributed by atoms with Crippen LogP contribution in [0.5, 0.6) is 0 Å². The second kappa shape index (κ2) is 5.98. The van der Waals surface area contributed by atoms with Gasteiger partial charge in [0.2, 0.25) is 0 Å². The van der Waals surface area contributed by atoms with E-state index in [1.54, 1.807) is 0 Å². The zero-order chi connectivity index (χ0) is 13.0. The minimum absolute atomic E-state index is 0.130. The van der Waals surface area contributed by atoms with Crippen LogP contribution in [-0.2, 0) is 9.53 Å². The molecule has 0 radical (unpaired) electrons. The lowest BCUT2D eigenvalue weighted by molar-refractivity contribution is -0.139. The average molecular weight is 249 g/mol. The topological polar surface area (TPSA) is 58.6 Å². The molecule has 1 aliphatic heterocycles. The summed E-state index contributed by atoms with van der Waals surface area (Å²) < 4.78 is 5.67. The number of ether oxygens (including phenoxy) is 1. The fourth-order valence-corrected chi connectivity index (χ4v) is 2.28. The van der Waals surface area contributed by atoms with E-state index in [-0.39, 0.29) is 12.2 Å². The fraction of sp³-hybridized carbons (Fsp3) is 0.500. The first-order valence-electron chi connectivity index (χ1n) is 6.33. The van der Waals surface area contributed by atoms with Gasteiger partial charge in [0.1, 0.15) is 6.04 Å². The van der Waals surface area contributed by atoms with Crippen molar-refractivity contribution < 1.29 is 14.6 Å². The molecule has 2 rings (SSSR count). The monoisotopic (exact) mass is 249 g/mol. The molecule has 3 atom stereocenters. The molecule has 1 heterocycles. The number of carboxylic acids is 1. The highest BCUT2D eigenvalue weighted by molar-refractivity contribution is 5.75. The van der Waals surface area contributed by atoms with Crippen molar-refractivity contribution in [3.05, 3.63) is 35.9 Å². The molecule has 1 fully saturated rings. The van der Waals surface area contributed by atoms with Gasteiger partial charge in [0.15, 0.2) is 0 Å². The molecule has 0 aliphatic carbocycles. The molecular formula is C14H19NO3. The Bertz CT molecular complexity index is 393. The second-order valence-electron chi connectivity index (χ2n) is 4.74. The minimum atomic E-state index is -0.854. The summed E-state index contributed by atoms with van der Waals surface area (Å²) in [6.45, 7) is 2.63. The highest BCUT2D eigenvalue weighted by Gasteiger charge is 2.25. The predicted octanol–water partition coefficient (Wildman–Crippen LogP) is 1.97. The van der Waals surface area contributed by atoms with E-state index in [0.717, 1.165) is 18.4 Å². The van der Waals surface area contributed by atoms with Crippen LogP contribution in [0.4, 0.5) is 0 Å². The van der Waals surface area contributed by atoms with Crippen molar-refractivity contribution in [1.82, 2.24) is 5.32 Å². The van der Waals surface area contributed by atoms with E-state index in [0.29, 0.717) is 6.54 Å². The highest BCUT2D eigenvalue weighted by Crippen LogP contribution is 2.20. The molecule has 2 N–H and O–H groups in total. The molecule has 0 spiro atoms. The van der Waals surface area contributed by atoms with Crippen LogP contribution in [0.15, 0.2) is 30.3 Å². The maximum absolute atomic E-state index is 11.3. The molecule has 98 valence electrons. The van der Waals surface area contributed by atoms with Crippen molar-refractivity contribution in [3.8, 4) is 0 Å². The van der Waals surface area contributed by atoms with E-state index >= 15 is 0 Å². The number of benzene rings is 1. The Morgan fingerprint density at radius 3 is 2.72 bits per heavy atom. The standard InChI is InChI=1S/C14H19NO3/c1-10-7-8-12(18-10)9-15-13(14(16)17)11-5-3-2-4-6-11/h2-6,10,12-13,15H,7-9H2,1H3,(H,16,17). The summed E-state index contributed by atoms with van der Waals surface area (Å²) in [5, 5.41) is 12.3. The van der Waals surface area contributed by atoms with Gasteiger partial charge in [0, 0.05) is 6.54 Å². The fourth-order valence-electron chi connectivity index (χ4n) is 2.28. The molecule has 0 aromatic heterocycles. The molecule has 0 amide bonds. The van der Waals surface area contributed by atoms with Gasteiger partial charge < -0.3 is 9.84 Å². The third-order valence-electron chi connectivity index (χ3n) is 3.25. The Labute approximate surface area is 107 Å². The van der Waals surface area contributed by atoms with Gasteiger partial charge in [-0.1, -0.05) is 30.3 Å². The smallest absolute Gasteiger partial charge is 0.325 e. The molecule has 1 saturated heterocycles. The van der Waals surface area contributed by atoms with Gasteiger partial charge in [0.25, 0.3) is 0 Å². The Morgan fingerprint density at radius 2 is 2.17 bits per heavy atom. The number of hydrogen-bond donors (Lipinski definition) is 2. The second-order valence-corrected chi connectivity index (χ2v) is 4.74. The van der Waals surface area contributed by atoms with Crippen LogP contribution in [0.3, 0.4) is 0 Å². The number of nitrogens with one attached hydrogen (secondary N) is 1. The summed E-state index contributed by atoms with van der Waals surface area (Å²) in [5.74, 6) is -0.854. The summed E-state index contributed by atoms with van der Waals surface area (Å²) in [6.07, 6.45) is 2.47. The van der Waals surface area contributed by atoms with Crippen molar-refractivity contribution in [3.63, 3.8) is 0 Å². The third kappa shape index (κ3) is 3.31. The quantitative estimate of drug-likeness (QED) is 0.837. The summed E-state index contributed by atoms with van der Waals surface area (Å²) in [5.41, 5.74) is 0.774. The Kier molecular flexibility index (Phi) is 4.33. The molecule has 0 bridgehead atoms. The van der Waals surface area contributed by atoms with Crippen LogP contribution >= 0.6 is 0 Å². The Balaban J connectivity index is 1.93. The Morgan fingerprint density at radius 1 is 1.44 bits per heavy atom. The van der Waals surface area contributed by atoms with Gasteiger partial charge in [0.05, 0.1) is 12.2 Å². The van der Waals surface area contributed by atoms with Crippen molar-refractivity contribution in [1.29, 1.82) is 0 Å². The van der Waals surface area contributed by atoms with Crippen molar-refractivity contribution >= 4 is 5.97 Å². The van der Waals surface area contributed by atoms with E-state index in [9.17, 15) is 9.90 Å². The Hall–Kier alpha value is -1.39. The molecule has 0 saturated carbocycles. The van der Waals surface area contributed by atoms with Gasteiger partial charge in [-0.05, 0) is 25.3 Å². The lowest BCUT2D eigenvalue weighted by Gasteiger charge is -2.18. The third-order valence-corrected chi connectivity index (χ3v) is 3.25. The SMILES string of the molecule is CC1CCC(CNC(C(=O)O)c2ccccc2)O1. The highest BCUT2D eigenvalue weighted by atomic mass is 16.5. The van der Waals surface area contributed by atoms with Gasteiger partial charge in [-0.25, -0.2) is 0 Å². The number of hydrogen-bond acceptors (Lipinski definition) is 3. The number of rotatable bonds is 5. The largest absolute Gasteiger partial charge is 0.480 e. The summed E-state index contributed by atoms with van der Waals surface area (Å²) in [4.78, 5) is 11.3. The van der Waals surface area contributed by atoms with E-state index in [2.05, 4.69) is 5.32 Å². The lowest BCUT2D eigenvalue weighted by Crippen LogP contribution is -2.34. The summed E-state index contributed by atoms with van der Waals surface area (Å²) in [7, 11) is 0. The van der Waals surface area contributed by atoms with Crippen LogP contribution < -0.4 is 5.32 Å². The van der Waals surface area contributed by atoms with Gasteiger partial charge in [-0.15, -0.1) is 0 Å². The van der Waals surface area contributed by atoms with Crippen molar-refractivity contribution in [2.24, 2.45) is 0 Å². The molecule has 1 aliphatic rings. The van der Waals surface area contributed by atoms with Gasteiger partial charge >= 0.3 is 5.97 Å². The van der Waals surface area contributed by atoms with Crippen LogP contribution in [0.1, 0.15) is 31.4 Å². The molecular weight excluding hydrogens is 230 g/mol. The first kappa shape index (κ1) is 13.1. The minimum Gasteiger partial charge on any atom is -0.480 e. The molecule has 1 aromatic carbocycles. The van der Waals surface area contributed by atoms with Crippen LogP contribution in [0.2, 0.25) is 0 Å². The van der Waals surface area contributed by atoms with E-state index in [1.165, 1.54) is 0 Å². The molecule has 18 heavy (non-hydrogen) atoms. The predicted molar refractivity (Wildman–Crippen MR) is 68.4 cm³/mol. The van der Waals surface area contributed by atoms with E-state index < -0.39 is 12.0 Å². The first-order chi connectivity index (χ1) is 8.66. The van der Waals surface area contributed by atoms with Crippen molar-refractivity contribution in [2.75, 3.05) is 6.54 Å². The number of aliphatic carboxylic acids is 1. The van der Waals surface area contributed by atoms with Crippen LogP contribution in [0, 0.1) is 0 Å². The normalized spacial score (nSPS) is 24.9. The molecule has 1 aromatic rings. The van der Waals surface area contributed by atoms with Crippen molar-refractivity contribution in [2.45, 2.75) is 38.0 Å². The summed E-state index contributed by atoms with van der Waals surface area (Å²) >= 11 is 0. The maximum atomic E-state index is 11.3. The molecule has 4 nitrogen and oxygen atoms in total.